The third kappa shape index (κ3) is 3.11. The average molecular weight is 306 g/mol. The Morgan fingerprint density at radius 1 is 1.29 bits per heavy atom. The SMILES string of the molecule is CCC1CCC(NC(=O)C2(c3cccc(Cl)c3)CC2)CC1. The number of rotatable bonds is 4. The van der Waals surface area contributed by atoms with Gasteiger partial charge in [-0.25, -0.2) is 0 Å². The predicted octanol–water partition coefficient (Wildman–Crippen LogP) is 4.46. The number of hydrogen-bond acceptors (Lipinski definition) is 1. The zero-order valence-electron chi connectivity index (χ0n) is 12.7. The van der Waals surface area contributed by atoms with E-state index in [4.69, 9.17) is 11.6 Å². The van der Waals surface area contributed by atoms with Crippen molar-refractivity contribution in [1.29, 1.82) is 0 Å². The Labute approximate surface area is 132 Å². The highest BCUT2D eigenvalue weighted by atomic mass is 35.5. The molecule has 1 aromatic rings. The molecule has 3 rings (SSSR count). The van der Waals surface area contributed by atoms with Gasteiger partial charge in [0.1, 0.15) is 0 Å². The first-order chi connectivity index (χ1) is 10.1. The largest absolute Gasteiger partial charge is 0.353 e. The van der Waals surface area contributed by atoms with E-state index in [9.17, 15) is 4.79 Å². The molecule has 0 aliphatic heterocycles. The average Bonchev–Trinajstić information content (AvgIpc) is 3.30. The molecule has 114 valence electrons. The Balaban J connectivity index is 1.63. The van der Waals surface area contributed by atoms with Crippen LogP contribution in [0.5, 0.6) is 0 Å². The summed E-state index contributed by atoms with van der Waals surface area (Å²) in [6.07, 6.45) is 7.95. The highest BCUT2D eigenvalue weighted by molar-refractivity contribution is 6.30. The van der Waals surface area contributed by atoms with E-state index in [1.54, 1.807) is 0 Å². The lowest BCUT2D eigenvalue weighted by molar-refractivity contribution is -0.124. The molecule has 1 amide bonds. The van der Waals surface area contributed by atoms with Crippen LogP contribution in [0.2, 0.25) is 5.02 Å². The van der Waals surface area contributed by atoms with Crippen molar-refractivity contribution in [3.63, 3.8) is 0 Å². The molecule has 2 nitrogen and oxygen atoms in total. The number of carbonyl (C=O) groups excluding carboxylic acids is 1. The van der Waals surface area contributed by atoms with Gasteiger partial charge in [0.25, 0.3) is 0 Å². The Bertz CT molecular complexity index is 516. The summed E-state index contributed by atoms with van der Waals surface area (Å²) in [4.78, 5) is 12.7. The maximum atomic E-state index is 12.7. The highest BCUT2D eigenvalue weighted by Crippen LogP contribution is 2.49. The second-order valence-electron chi connectivity index (χ2n) is 6.69. The minimum atomic E-state index is -0.299. The van der Waals surface area contributed by atoms with Crippen LogP contribution in [0.15, 0.2) is 24.3 Å². The first-order valence-corrected chi connectivity index (χ1v) is 8.59. The lowest BCUT2D eigenvalue weighted by Gasteiger charge is -2.30. The molecule has 1 aromatic carbocycles. The van der Waals surface area contributed by atoms with E-state index in [0.29, 0.717) is 6.04 Å². The van der Waals surface area contributed by atoms with Gasteiger partial charge in [-0.3, -0.25) is 4.79 Å². The van der Waals surface area contributed by atoms with Gasteiger partial charge < -0.3 is 5.32 Å². The number of benzene rings is 1. The molecule has 0 aromatic heterocycles. The number of carbonyl (C=O) groups is 1. The van der Waals surface area contributed by atoms with E-state index in [2.05, 4.69) is 12.2 Å². The third-order valence-corrected chi connectivity index (χ3v) is 5.56. The zero-order chi connectivity index (χ0) is 14.9. The van der Waals surface area contributed by atoms with Gasteiger partial charge in [0.05, 0.1) is 5.41 Å². The molecule has 21 heavy (non-hydrogen) atoms. The highest BCUT2D eigenvalue weighted by Gasteiger charge is 2.51. The Kier molecular flexibility index (Phi) is 4.26. The number of nitrogens with one attached hydrogen (secondary N) is 1. The lowest BCUT2D eigenvalue weighted by atomic mass is 9.84. The van der Waals surface area contributed by atoms with Crippen molar-refractivity contribution in [1.82, 2.24) is 5.32 Å². The Hall–Kier alpha value is -1.02. The van der Waals surface area contributed by atoms with E-state index >= 15 is 0 Å². The van der Waals surface area contributed by atoms with Gasteiger partial charge in [0, 0.05) is 11.1 Å². The van der Waals surface area contributed by atoms with E-state index in [0.717, 1.165) is 42.2 Å². The van der Waals surface area contributed by atoms with E-state index in [-0.39, 0.29) is 11.3 Å². The molecule has 3 heteroatoms. The van der Waals surface area contributed by atoms with Crippen molar-refractivity contribution >= 4 is 17.5 Å². The van der Waals surface area contributed by atoms with Crippen molar-refractivity contribution in [3.8, 4) is 0 Å². The van der Waals surface area contributed by atoms with Crippen molar-refractivity contribution in [2.45, 2.75) is 63.3 Å². The molecule has 1 N–H and O–H groups in total. The fourth-order valence-corrected chi connectivity index (χ4v) is 3.79. The summed E-state index contributed by atoms with van der Waals surface area (Å²) in [5.41, 5.74) is 0.779. The van der Waals surface area contributed by atoms with Crippen LogP contribution in [-0.2, 0) is 10.2 Å². The monoisotopic (exact) mass is 305 g/mol. The molecule has 2 saturated carbocycles. The summed E-state index contributed by atoms with van der Waals surface area (Å²) in [6, 6.07) is 8.16. The van der Waals surface area contributed by atoms with Crippen LogP contribution >= 0.6 is 11.6 Å². The smallest absolute Gasteiger partial charge is 0.230 e. The van der Waals surface area contributed by atoms with Gasteiger partial charge in [-0.05, 0) is 62.1 Å². The van der Waals surface area contributed by atoms with Crippen LogP contribution < -0.4 is 5.32 Å². The van der Waals surface area contributed by atoms with Crippen molar-refractivity contribution in [2.24, 2.45) is 5.92 Å². The maximum Gasteiger partial charge on any atom is 0.230 e. The summed E-state index contributed by atoms with van der Waals surface area (Å²) in [6.45, 7) is 2.27. The van der Waals surface area contributed by atoms with E-state index in [1.807, 2.05) is 24.3 Å². The summed E-state index contributed by atoms with van der Waals surface area (Å²) in [5, 5.41) is 4.02. The zero-order valence-corrected chi connectivity index (χ0v) is 13.5. The van der Waals surface area contributed by atoms with Crippen LogP contribution in [0.3, 0.4) is 0 Å². The molecule has 0 atom stereocenters. The van der Waals surface area contributed by atoms with Crippen LogP contribution in [0.1, 0.15) is 57.4 Å². The second kappa shape index (κ2) is 6.00. The number of halogens is 1. The van der Waals surface area contributed by atoms with Gasteiger partial charge >= 0.3 is 0 Å². The molecule has 0 spiro atoms. The standard InChI is InChI=1S/C18H24ClNO/c1-2-13-6-8-16(9-7-13)20-17(21)18(10-11-18)14-4-3-5-15(19)12-14/h3-5,12-13,16H,2,6-11H2,1H3,(H,20,21). The Morgan fingerprint density at radius 2 is 2.00 bits per heavy atom. The topological polar surface area (TPSA) is 29.1 Å². The minimum absolute atomic E-state index is 0.213. The van der Waals surface area contributed by atoms with Crippen LogP contribution in [0.25, 0.3) is 0 Å². The van der Waals surface area contributed by atoms with Gasteiger partial charge in [-0.1, -0.05) is 37.1 Å². The molecule has 2 aliphatic rings. The van der Waals surface area contributed by atoms with Crippen LogP contribution in [0.4, 0.5) is 0 Å². The quantitative estimate of drug-likeness (QED) is 0.874. The number of hydrogen-bond donors (Lipinski definition) is 1. The summed E-state index contributed by atoms with van der Waals surface area (Å²) in [5.74, 6) is 1.07. The van der Waals surface area contributed by atoms with Gasteiger partial charge in [-0.2, -0.15) is 0 Å². The van der Waals surface area contributed by atoms with E-state index < -0.39 is 0 Å². The molecule has 2 fully saturated rings. The molecule has 2 aliphatic carbocycles. The normalized spacial score (nSPS) is 27.1. The number of amides is 1. The van der Waals surface area contributed by atoms with Crippen molar-refractivity contribution in [2.75, 3.05) is 0 Å². The van der Waals surface area contributed by atoms with E-state index in [1.165, 1.54) is 19.3 Å². The summed E-state index contributed by atoms with van der Waals surface area (Å²) < 4.78 is 0. The Morgan fingerprint density at radius 3 is 2.57 bits per heavy atom. The summed E-state index contributed by atoms with van der Waals surface area (Å²) >= 11 is 6.08. The molecule has 0 unspecified atom stereocenters. The fourth-order valence-electron chi connectivity index (χ4n) is 3.60. The molecule has 0 saturated heterocycles. The molecule has 0 radical (unpaired) electrons. The first kappa shape index (κ1) is 14.9. The summed E-state index contributed by atoms with van der Waals surface area (Å²) in [7, 11) is 0. The molecule has 0 bridgehead atoms. The van der Waals surface area contributed by atoms with Crippen LogP contribution in [-0.4, -0.2) is 11.9 Å². The maximum absolute atomic E-state index is 12.7. The van der Waals surface area contributed by atoms with Crippen molar-refractivity contribution < 1.29 is 4.79 Å². The molecule has 0 heterocycles. The molecular formula is C18H24ClNO. The van der Waals surface area contributed by atoms with Crippen LogP contribution in [0, 0.1) is 5.92 Å². The first-order valence-electron chi connectivity index (χ1n) is 8.21. The van der Waals surface area contributed by atoms with Gasteiger partial charge in [0.15, 0.2) is 0 Å². The minimum Gasteiger partial charge on any atom is -0.353 e. The molecular weight excluding hydrogens is 282 g/mol. The lowest BCUT2D eigenvalue weighted by Crippen LogP contribution is -2.43. The predicted molar refractivity (Wildman–Crippen MR) is 86.5 cm³/mol. The van der Waals surface area contributed by atoms with Crippen molar-refractivity contribution in [3.05, 3.63) is 34.9 Å². The third-order valence-electron chi connectivity index (χ3n) is 5.32. The fraction of sp³-hybridized carbons (Fsp3) is 0.611. The van der Waals surface area contributed by atoms with Gasteiger partial charge in [-0.15, -0.1) is 0 Å². The second-order valence-corrected chi connectivity index (χ2v) is 7.13. The van der Waals surface area contributed by atoms with Gasteiger partial charge in [0.2, 0.25) is 5.91 Å².